The number of carbonyl (C=O) groups is 2. The number of hydrogen-bond acceptors (Lipinski definition) is 3. The highest BCUT2D eigenvalue weighted by Gasteiger charge is 2.45. The van der Waals surface area contributed by atoms with Gasteiger partial charge in [-0.25, -0.2) is 4.79 Å². The monoisotopic (exact) mass is 288 g/mol. The van der Waals surface area contributed by atoms with Crippen LogP contribution in [0.4, 0.5) is 4.79 Å². The van der Waals surface area contributed by atoms with Crippen LogP contribution in [0.2, 0.25) is 0 Å². The Bertz CT molecular complexity index is 351. The predicted octanol–water partition coefficient (Wildman–Crippen LogP) is 1.98. The Hall–Kier alpha value is -0.910. The molecule has 0 aliphatic carbocycles. The van der Waals surface area contributed by atoms with Gasteiger partial charge in [-0.05, 0) is 26.0 Å². The smallest absolute Gasteiger partial charge is 0.320 e. The molecule has 1 saturated heterocycles. The molecule has 2 amide bonds. The van der Waals surface area contributed by atoms with Crippen LogP contribution in [0, 0.1) is 5.41 Å². The minimum Gasteiger partial charge on any atom is -0.481 e. The second-order valence-electron chi connectivity index (χ2n) is 5.31. The second kappa shape index (κ2) is 6.50. The predicted molar refractivity (Wildman–Crippen MR) is 77.6 cm³/mol. The van der Waals surface area contributed by atoms with Crippen molar-refractivity contribution in [3.63, 3.8) is 0 Å². The molecule has 19 heavy (non-hydrogen) atoms. The van der Waals surface area contributed by atoms with Gasteiger partial charge in [0.15, 0.2) is 0 Å². The third kappa shape index (κ3) is 3.35. The third-order valence-corrected chi connectivity index (χ3v) is 4.94. The Morgan fingerprint density at radius 2 is 2.16 bits per heavy atom. The molecule has 6 heteroatoms. The molecule has 1 fully saturated rings. The van der Waals surface area contributed by atoms with Crippen molar-refractivity contribution >= 4 is 23.8 Å². The zero-order valence-electron chi connectivity index (χ0n) is 12.2. The number of carboxylic acids is 1. The van der Waals surface area contributed by atoms with Crippen molar-refractivity contribution in [3.05, 3.63) is 0 Å². The maximum atomic E-state index is 12.3. The molecule has 0 radical (unpaired) electrons. The van der Waals surface area contributed by atoms with Gasteiger partial charge in [0, 0.05) is 31.9 Å². The number of rotatable bonds is 5. The van der Waals surface area contributed by atoms with Gasteiger partial charge in [0.1, 0.15) is 0 Å². The zero-order valence-corrected chi connectivity index (χ0v) is 13.0. The van der Waals surface area contributed by atoms with E-state index in [9.17, 15) is 14.7 Å². The van der Waals surface area contributed by atoms with E-state index in [-0.39, 0.29) is 12.1 Å². The molecular weight excluding hydrogens is 264 g/mol. The highest BCUT2D eigenvalue weighted by atomic mass is 32.2. The van der Waals surface area contributed by atoms with E-state index < -0.39 is 11.4 Å². The first kappa shape index (κ1) is 16.1. The van der Waals surface area contributed by atoms with Gasteiger partial charge in [-0.2, -0.15) is 11.8 Å². The van der Waals surface area contributed by atoms with Crippen LogP contribution in [0.5, 0.6) is 0 Å². The lowest BCUT2D eigenvalue weighted by Crippen LogP contribution is -2.46. The standard InChI is InChI=1S/C13H24N2O3S/c1-5-13(11(16)17)6-7-15(9-13)12(18)14(3)10(2)8-19-4/h10H,5-9H2,1-4H3,(H,16,17). The van der Waals surface area contributed by atoms with Crippen LogP contribution >= 0.6 is 11.8 Å². The maximum Gasteiger partial charge on any atom is 0.320 e. The zero-order chi connectivity index (χ0) is 14.6. The van der Waals surface area contributed by atoms with Crippen molar-refractivity contribution in [2.75, 3.05) is 32.1 Å². The Morgan fingerprint density at radius 3 is 2.58 bits per heavy atom. The van der Waals surface area contributed by atoms with E-state index in [1.807, 2.05) is 20.1 Å². The van der Waals surface area contributed by atoms with Crippen LogP contribution in [0.1, 0.15) is 26.7 Å². The summed E-state index contributed by atoms with van der Waals surface area (Å²) in [6.45, 7) is 4.75. The largest absolute Gasteiger partial charge is 0.481 e. The molecule has 1 aliphatic rings. The van der Waals surface area contributed by atoms with Crippen molar-refractivity contribution in [1.29, 1.82) is 0 Å². The average molecular weight is 288 g/mol. The molecule has 110 valence electrons. The van der Waals surface area contributed by atoms with Crippen LogP contribution in [-0.4, -0.2) is 65.1 Å². The van der Waals surface area contributed by atoms with Crippen molar-refractivity contribution in [1.82, 2.24) is 9.80 Å². The Kier molecular flexibility index (Phi) is 5.52. The van der Waals surface area contributed by atoms with Crippen LogP contribution in [0.3, 0.4) is 0 Å². The second-order valence-corrected chi connectivity index (χ2v) is 6.22. The fourth-order valence-corrected chi connectivity index (χ4v) is 3.12. The van der Waals surface area contributed by atoms with E-state index in [4.69, 9.17) is 0 Å². The molecule has 0 aromatic rings. The summed E-state index contributed by atoms with van der Waals surface area (Å²) in [5, 5.41) is 9.34. The molecular formula is C13H24N2O3S. The molecule has 1 rings (SSSR count). The first-order valence-electron chi connectivity index (χ1n) is 6.62. The topological polar surface area (TPSA) is 60.9 Å². The minimum absolute atomic E-state index is 0.0573. The molecule has 2 unspecified atom stereocenters. The molecule has 1 N–H and O–H groups in total. The molecule has 0 bridgehead atoms. The van der Waals surface area contributed by atoms with E-state index in [0.717, 1.165) is 5.75 Å². The molecule has 1 heterocycles. The first-order chi connectivity index (χ1) is 8.88. The van der Waals surface area contributed by atoms with Gasteiger partial charge in [0.25, 0.3) is 0 Å². The number of urea groups is 1. The van der Waals surface area contributed by atoms with E-state index >= 15 is 0 Å². The van der Waals surface area contributed by atoms with E-state index in [2.05, 4.69) is 0 Å². The number of carboxylic acid groups (broad SMARTS) is 1. The molecule has 0 saturated carbocycles. The lowest BCUT2D eigenvalue weighted by atomic mass is 9.84. The van der Waals surface area contributed by atoms with Gasteiger partial charge in [-0.1, -0.05) is 6.92 Å². The number of thioether (sulfide) groups is 1. The van der Waals surface area contributed by atoms with Crippen LogP contribution in [-0.2, 0) is 4.79 Å². The summed E-state index contributed by atoms with van der Waals surface area (Å²) in [5.41, 5.74) is -0.751. The number of nitrogens with zero attached hydrogens (tertiary/aromatic N) is 2. The Morgan fingerprint density at radius 1 is 1.53 bits per heavy atom. The average Bonchev–Trinajstić information content (AvgIpc) is 2.83. The summed E-state index contributed by atoms with van der Waals surface area (Å²) in [6, 6.07) is 0.0991. The number of amides is 2. The van der Waals surface area contributed by atoms with Gasteiger partial charge < -0.3 is 14.9 Å². The van der Waals surface area contributed by atoms with E-state index in [1.165, 1.54) is 0 Å². The fourth-order valence-electron chi connectivity index (χ4n) is 2.41. The van der Waals surface area contributed by atoms with E-state index in [0.29, 0.717) is 25.9 Å². The first-order valence-corrected chi connectivity index (χ1v) is 8.01. The van der Waals surface area contributed by atoms with Crippen molar-refractivity contribution in [3.8, 4) is 0 Å². The summed E-state index contributed by atoms with van der Waals surface area (Å²) in [4.78, 5) is 27.1. The summed E-state index contributed by atoms with van der Waals surface area (Å²) < 4.78 is 0. The number of likely N-dealkylation sites (tertiary alicyclic amines) is 1. The number of carbonyl (C=O) groups excluding carboxylic acids is 1. The molecule has 5 nitrogen and oxygen atoms in total. The summed E-state index contributed by atoms with van der Waals surface area (Å²) in [7, 11) is 1.79. The van der Waals surface area contributed by atoms with Gasteiger partial charge in [-0.3, -0.25) is 4.79 Å². The van der Waals surface area contributed by atoms with Gasteiger partial charge >= 0.3 is 12.0 Å². The van der Waals surface area contributed by atoms with Crippen molar-refractivity contribution in [2.24, 2.45) is 5.41 Å². The SMILES string of the molecule is CCC1(C(=O)O)CCN(C(=O)N(C)C(C)CSC)C1. The summed E-state index contributed by atoms with van der Waals surface area (Å²) in [6.07, 6.45) is 3.13. The lowest BCUT2D eigenvalue weighted by molar-refractivity contribution is -0.148. The van der Waals surface area contributed by atoms with Crippen LogP contribution < -0.4 is 0 Å². The highest BCUT2D eigenvalue weighted by Crippen LogP contribution is 2.34. The Labute approximate surface area is 119 Å². The van der Waals surface area contributed by atoms with E-state index in [1.54, 1.807) is 28.6 Å². The fraction of sp³-hybridized carbons (Fsp3) is 0.846. The number of aliphatic carboxylic acids is 1. The minimum atomic E-state index is -0.787. The van der Waals surface area contributed by atoms with Crippen LogP contribution in [0.15, 0.2) is 0 Å². The van der Waals surface area contributed by atoms with Gasteiger partial charge in [-0.15, -0.1) is 0 Å². The molecule has 0 spiro atoms. The summed E-state index contributed by atoms with van der Waals surface area (Å²) >= 11 is 1.70. The Balaban J connectivity index is 2.68. The molecule has 0 aromatic heterocycles. The van der Waals surface area contributed by atoms with Gasteiger partial charge in [0.2, 0.25) is 0 Å². The molecule has 0 aromatic carbocycles. The molecule has 2 atom stereocenters. The van der Waals surface area contributed by atoms with Crippen molar-refractivity contribution < 1.29 is 14.7 Å². The normalized spacial score (nSPS) is 24.3. The molecule has 1 aliphatic heterocycles. The summed E-state index contributed by atoms with van der Waals surface area (Å²) in [5.74, 6) is 0.0959. The number of hydrogen-bond donors (Lipinski definition) is 1. The lowest BCUT2D eigenvalue weighted by Gasteiger charge is -2.30. The van der Waals surface area contributed by atoms with Crippen molar-refractivity contribution in [2.45, 2.75) is 32.7 Å². The highest BCUT2D eigenvalue weighted by molar-refractivity contribution is 7.98. The third-order valence-electron chi connectivity index (χ3n) is 4.13. The maximum absolute atomic E-state index is 12.3. The van der Waals surface area contributed by atoms with Gasteiger partial charge in [0.05, 0.1) is 5.41 Å². The quantitative estimate of drug-likeness (QED) is 0.840. The van der Waals surface area contributed by atoms with Crippen LogP contribution in [0.25, 0.3) is 0 Å².